The summed E-state index contributed by atoms with van der Waals surface area (Å²) in [6.07, 6.45) is 2.18. The lowest BCUT2D eigenvalue weighted by Crippen LogP contribution is -2.09. The van der Waals surface area contributed by atoms with E-state index in [2.05, 4.69) is 44.4 Å². The van der Waals surface area contributed by atoms with Crippen molar-refractivity contribution in [2.75, 3.05) is 13.1 Å². The van der Waals surface area contributed by atoms with Crippen LogP contribution in [-0.2, 0) is 6.42 Å². The van der Waals surface area contributed by atoms with Crippen molar-refractivity contribution in [3.63, 3.8) is 0 Å². The lowest BCUT2D eigenvalue weighted by atomic mass is 10.1. The summed E-state index contributed by atoms with van der Waals surface area (Å²) in [7, 11) is 0. The number of rotatable bonds is 1. The second kappa shape index (κ2) is 3.93. The standard InChI is InChI=1S/C14H14BrN3/c15-10-1-2-11-9(5-10)6-12-13(11)18-14(17-12)8-3-4-16-7-8/h1-2,5,8,16H,3-4,6-7H2,(H,17,18). The van der Waals surface area contributed by atoms with Crippen molar-refractivity contribution in [3.05, 3.63) is 39.8 Å². The molecule has 1 atom stereocenters. The maximum absolute atomic E-state index is 4.83. The van der Waals surface area contributed by atoms with Gasteiger partial charge in [0.1, 0.15) is 5.82 Å². The Bertz CT molecular complexity index is 611. The predicted molar refractivity (Wildman–Crippen MR) is 74.8 cm³/mol. The minimum Gasteiger partial charge on any atom is -0.345 e. The third kappa shape index (κ3) is 1.56. The molecule has 2 N–H and O–H groups in total. The Hall–Kier alpha value is -1.13. The summed E-state index contributed by atoms with van der Waals surface area (Å²) < 4.78 is 1.15. The predicted octanol–water partition coefficient (Wildman–Crippen LogP) is 2.82. The van der Waals surface area contributed by atoms with E-state index in [0.717, 1.165) is 24.0 Å². The van der Waals surface area contributed by atoms with Crippen LogP contribution in [-0.4, -0.2) is 23.1 Å². The van der Waals surface area contributed by atoms with Gasteiger partial charge in [0.2, 0.25) is 0 Å². The van der Waals surface area contributed by atoms with Crippen LogP contribution in [0.5, 0.6) is 0 Å². The molecule has 1 aromatic heterocycles. The number of nitrogens with one attached hydrogen (secondary N) is 2. The van der Waals surface area contributed by atoms with Crippen LogP contribution in [0.2, 0.25) is 0 Å². The lowest BCUT2D eigenvalue weighted by Gasteiger charge is -2.04. The van der Waals surface area contributed by atoms with Gasteiger partial charge in [0.25, 0.3) is 0 Å². The van der Waals surface area contributed by atoms with Gasteiger partial charge in [-0.25, -0.2) is 4.98 Å². The number of aromatic amines is 1. The van der Waals surface area contributed by atoms with Gasteiger partial charge in [0.05, 0.1) is 5.69 Å². The molecule has 92 valence electrons. The molecule has 1 aliphatic carbocycles. The van der Waals surface area contributed by atoms with Crippen LogP contribution in [0.4, 0.5) is 0 Å². The Morgan fingerprint density at radius 2 is 2.28 bits per heavy atom. The zero-order valence-electron chi connectivity index (χ0n) is 9.96. The summed E-state index contributed by atoms with van der Waals surface area (Å²) >= 11 is 3.53. The summed E-state index contributed by atoms with van der Waals surface area (Å²) in [5.41, 5.74) is 5.11. The number of benzene rings is 1. The maximum atomic E-state index is 4.83. The topological polar surface area (TPSA) is 40.7 Å². The Kier molecular flexibility index (Phi) is 2.35. The molecule has 1 fully saturated rings. The van der Waals surface area contributed by atoms with Crippen LogP contribution in [0, 0.1) is 0 Å². The number of hydrogen-bond acceptors (Lipinski definition) is 2. The Morgan fingerprint density at radius 3 is 3.11 bits per heavy atom. The van der Waals surface area contributed by atoms with Crippen molar-refractivity contribution >= 4 is 15.9 Å². The molecular weight excluding hydrogens is 290 g/mol. The molecule has 0 amide bonds. The van der Waals surface area contributed by atoms with Crippen molar-refractivity contribution in [1.82, 2.24) is 15.3 Å². The number of fused-ring (bicyclic) bond motifs is 3. The third-order valence-electron chi connectivity index (χ3n) is 3.93. The van der Waals surface area contributed by atoms with E-state index in [0.29, 0.717) is 5.92 Å². The quantitative estimate of drug-likeness (QED) is 0.726. The average Bonchev–Trinajstić information content (AvgIpc) is 3.01. The van der Waals surface area contributed by atoms with E-state index in [-0.39, 0.29) is 0 Å². The van der Waals surface area contributed by atoms with Crippen LogP contribution >= 0.6 is 15.9 Å². The molecule has 0 spiro atoms. The van der Waals surface area contributed by atoms with Crippen molar-refractivity contribution in [2.45, 2.75) is 18.8 Å². The van der Waals surface area contributed by atoms with Gasteiger partial charge >= 0.3 is 0 Å². The van der Waals surface area contributed by atoms with Gasteiger partial charge < -0.3 is 10.3 Å². The number of nitrogens with zero attached hydrogens (tertiary/aromatic N) is 1. The Labute approximate surface area is 114 Å². The van der Waals surface area contributed by atoms with Crippen LogP contribution in [0.3, 0.4) is 0 Å². The molecular formula is C14H14BrN3. The molecule has 0 radical (unpaired) electrons. The molecule has 2 heterocycles. The fourth-order valence-electron chi connectivity index (χ4n) is 2.99. The molecule has 2 aliphatic rings. The summed E-state index contributed by atoms with van der Waals surface area (Å²) in [6.45, 7) is 2.17. The third-order valence-corrected chi connectivity index (χ3v) is 4.43. The number of aromatic nitrogens is 2. The second-order valence-electron chi connectivity index (χ2n) is 5.12. The maximum Gasteiger partial charge on any atom is 0.111 e. The molecule has 1 unspecified atom stereocenters. The molecule has 4 heteroatoms. The first-order valence-corrected chi connectivity index (χ1v) is 7.19. The van der Waals surface area contributed by atoms with Gasteiger partial charge in [-0.3, -0.25) is 0 Å². The summed E-state index contributed by atoms with van der Waals surface area (Å²) in [4.78, 5) is 8.37. The molecule has 0 bridgehead atoms. The summed E-state index contributed by atoms with van der Waals surface area (Å²) in [5, 5.41) is 3.40. The highest BCUT2D eigenvalue weighted by Gasteiger charge is 2.26. The normalized spacial score (nSPS) is 21.1. The van der Waals surface area contributed by atoms with Crippen LogP contribution < -0.4 is 5.32 Å². The first-order chi connectivity index (χ1) is 8.81. The van der Waals surface area contributed by atoms with E-state index < -0.39 is 0 Å². The van der Waals surface area contributed by atoms with Crippen molar-refractivity contribution < 1.29 is 0 Å². The van der Waals surface area contributed by atoms with Gasteiger partial charge in [-0.2, -0.15) is 0 Å². The van der Waals surface area contributed by atoms with E-state index in [1.165, 1.54) is 34.8 Å². The monoisotopic (exact) mass is 303 g/mol. The Balaban J connectivity index is 1.76. The van der Waals surface area contributed by atoms with Crippen LogP contribution in [0.15, 0.2) is 22.7 Å². The van der Waals surface area contributed by atoms with E-state index in [1.807, 2.05) is 0 Å². The number of hydrogen-bond donors (Lipinski definition) is 2. The van der Waals surface area contributed by atoms with E-state index in [1.54, 1.807) is 0 Å². The zero-order chi connectivity index (χ0) is 12.1. The molecule has 1 aromatic carbocycles. The zero-order valence-corrected chi connectivity index (χ0v) is 11.5. The average molecular weight is 304 g/mol. The van der Waals surface area contributed by atoms with E-state index >= 15 is 0 Å². The molecule has 4 rings (SSSR count). The first kappa shape index (κ1) is 10.8. The fraction of sp³-hybridized carbons (Fsp3) is 0.357. The smallest absolute Gasteiger partial charge is 0.111 e. The minimum absolute atomic E-state index is 0.564. The molecule has 18 heavy (non-hydrogen) atoms. The number of imidazole rings is 1. The highest BCUT2D eigenvalue weighted by atomic mass is 79.9. The molecule has 1 aliphatic heterocycles. The van der Waals surface area contributed by atoms with Crippen molar-refractivity contribution in [1.29, 1.82) is 0 Å². The fourth-order valence-corrected chi connectivity index (χ4v) is 3.40. The number of halogens is 1. The van der Waals surface area contributed by atoms with Crippen LogP contribution in [0.1, 0.15) is 29.4 Å². The van der Waals surface area contributed by atoms with E-state index in [9.17, 15) is 0 Å². The van der Waals surface area contributed by atoms with Gasteiger partial charge in [-0.05, 0) is 30.7 Å². The highest BCUT2D eigenvalue weighted by Crippen LogP contribution is 2.37. The summed E-state index contributed by atoms with van der Waals surface area (Å²) in [5.74, 6) is 1.73. The Morgan fingerprint density at radius 1 is 1.33 bits per heavy atom. The first-order valence-electron chi connectivity index (χ1n) is 6.39. The lowest BCUT2D eigenvalue weighted by molar-refractivity contribution is 0.711. The van der Waals surface area contributed by atoms with Crippen molar-refractivity contribution in [3.8, 4) is 11.3 Å². The largest absolute Gasteiger partial charge is 0.345 e. The second-order valence-corrected chi connectivity index (χ2v) is 6.03. The van der Waals surface area contributed by atoms with Gasteiger partial charge in [0.15, 0.2) is 0 Å². The number of H-pyrrole nitrogens is 1. The molecule has 3 nitrogen and oxygen atoms in total. The highest BCUT2D eigenvalue weighted by molar-refractivity contribution is 9.10. The summed E-state index contributed by atoms with van der Waals surface area (Å²) in [6, 6.07) is 6.46. The van der Waals surface area contributed by atoms with Gasteiger partial charge in [-0.15, -0.1) is 0 Å². The minimum atomic E-state index is 0.564. The van der Waals surface area contributed by atoms with E-state index in [4.69, 9.17) is 4.98 Å². The molecule has 2 aromatic rings. The molecule has 0 saturated carbocycles. The van der Waals surface area contributed by atoms with Crippen LogP contribution in [0.25, 0.3) is 11.3 Å². The SMILES string of the molecule is Brc1ccc2c(c1)Cc1[nH]c(C3CCNC3)nc1-2. The van der Waals surface area contributed by atoms with Gasteiger partial charge in [0, 0.05) is 34.6 Å². The molecule has 1 saturated heterocycles. The van der Waals surface area contributed by atoms with Gasteiger partial charge in [-0.1, -0.05) is 22.0 Å². The van der Waals surface area contributed by atoms with Crippen molar-refractivity contribution in [2.24, 2.45) is 0 Å².